The number of allylic oxidation sites excluding steroid dienone is 1. The lowest BCUT2D eigenvalue weighted by molar-refractivity contribution is 0.0309. The third kappa shape index (κ3) is 4.49. The molecular formula is C19H28O. The van der Waals surface area contributed by atoms with E-state index in [2.05, 4.69) is 36.9 Å². The first-order valence-electron chi connectivity index (χ1n) is 8.14. The molecule has 0 saturated heterocycles. The summed E-state index contributed by atoms with van der Waals surface area (Å²) in [5.74, 6) is 0.889. The Morgan fingerprint density at radius 3 is 2.50 bits per heavy atom. The molecule has 0 aliphatic heterocycles. The van der Waals surface area contributed by atoms with Crippen LogP contribution in [0.5, 0.6) is 0 Å². The number of hydrogen-bond donors (Lipinski definition) is 1. The van der Waals surface area contributed by atoms with Gasteiger partial charge in [-0.05, 0) is 49.5 Å². The number of rotatable bonds is 7. The highest BCUT2D eigenvalue weighted by Crippen LogP contribution is 2.32. The van der Waals surface area contributed by atoms with Crippen LogP contribution in [-0.2, 0) is 6.42 Å². The lowest BCUT2D eigenvalue weighted by Crippen LogP contribution is -2.31. The van der Waals surface area contributed by atoms with Crippen molar-refractivity contribution in [2.45, 2.75) is 57.5 Å². The zero-order valence-electron chi connectivity index (χ0n) is 12.5. The Hall–Kier alpha value is -1.08. The second-order valence-electron chi connectivity index (χ2n) is 6.20. The zero-order valence-corrected chi connectivity index (χ0v) is 12.5. The third-order valence-corrected chi connectivity index (χ3v) is 4.73. The molecule has 0 bridgehead atoms. The molecule has 1 aromatic rings. The third-order valence-electron chi connectivity index (χ3n) is 4.73. The average Bonchev–Trinajstić information content (AvgIpc) is 2.52. The largest absolute Gasteiger partial charge is 0.393 e. The summed E-state index contributed by atoms with van der Waals surface area (Å²) in [6.07, 6.45) is 11.2. The summed E-state index contributed by atoms with van der Waals surface area (Å²) < 4.78 is 0. The van der Waals surface area contributed by atoms with Crippen LogP contribution < -0.4 is 0 Å². The van der Waals surface area contributed by atoms with E-state index < -0.39 is 0 Å². The van der Waals surface area contributed by atoms with Gasteiger partial charge in [0.2, 0.25) is 0 Å². The summed E-state index contributed by atoms with van der Waals surface area (Å²) >= 11 is 0. The molecule has 0 spiro atoms. The highest BCUT2D eigenvalue weighted by Gasteiger charge is 2.27. The van der Waals surface area contributed by atoms with Crippen molar-refractivity contribution < 1.29 is 5.11 Å². The Morgan fingerprint density at radius 1 is 1.15 bits per heavy atom. The number of benzene rings is 1. The van der Waals surface area contributed by atoms with E-state index in [-0.39, 0.29) is 6.10 Å². The summed E-state index contributed by atoms with van der Waals surface area (Å²) in [7, 11) is 0. The summed E-state index contributed by atoms with van der Waals surface area (Å²) in [6.45, 7) is 3.87. The fourth-order valence-corrected chi connectivity index (χ4v) is 3.50. The number of aryl methyl sites for hydroxylation is 1. The van der Waals surface area contributed by atoms with Crippen LogP contribution in [0.4, 0.5) is 0 Å². The van der Waals surface area contributed by atoms with Gasteiger partial charge in [0.05, 0.1) is 6.10 Å². The minimum atomic E-state index is -0.142. The Morgan fingerprint density at radius 2 is 1.85 bits per heavy atom. The van der Waals surface area contributed by atoms with Crippen LogP contribution in [0.3, 0.4) is 0 Å². The molecule has 1 aromatic carbocycles. The highest BCUT2D eigenvalue weighted by atomic mass is 16.3. The van der Waals surface area contributed by atoms with Crippen molar-refractivity contribution in [1.29, 1.82) is 0 Å². The van der Waals surface area contributed by atoms with Crippen molar-refractivity contribution in [2.24, 2.45) is 11.8 Å². The molecule has 1 nitrogen and oxygen atoms in total. The van der Waals surface area contributed by atoms with Crippen molar-refractivity contribution in [2.75, 3.05) is 0 Å². The monoisotopic (exact) mass is 272 g/mol. The fourth-order valence-electron chi connectivity index (χ4n) is 3.50. The van der Waals surface area contributed by atoms with E-state index in [0.717, 1.165) is 19.3 Å². The molecule has 0 amide bonds. The standard InChI is InChI=1S/C19H28O/c1-2-9-17(15-14-16-10-5-3-6-11-16)19(20)18-12-7-4-8-13-18/h2-3,5-6,10-11,17-20H,1,4,7-9,12-15H2. The zero-order chi connectivity index (χ0) is 14.2. The molecule has 2 atom stereocenters. The molecule has 20 heavy (non-hydrogen) atoms. The quantitative estimate of drug-likeness (QED) is 0.710. The van der Waals surface area contributed by atoms with Crippen LogP contribution in [0.2, 0.25) is 0 Å². The van der Waals surface area contributed by atoms with Crippen LogP contribution in [0, 0.1) is 11.8 Å². The molecule has 1 saturated carbocycles. The highest BCUT2D eigenvalue weighted by molar-refractivity contribution is 5.14. The molecule has 1 aliphatic rings. The number of hydrogen-bond acceptors (Lipinski definition) is 1. The van der Waals surface area contributed by atoms with E-state index in [4.69, 9.17) is 0 Å². The maximum Gasteiger partial charge on any atom is 0.0599 e. The molecule has 0 aromatic heterocycles. The lowest BCUT2D eigenvalue weighted by atomic mass is 9.77. The second kappa shape index (κ2) is 8.26. The van der Waals surface area contributed by atoms with Crippen molar-refractivity contribution in [3.63, 3.8) is 0 Å². The Bertz CT molecular complexity index is 378. The molecular weight excluding hydrogens is 244 g/mol. The van der Waals surface area contributed by atoms with E-state index >= 15 is 0 Å². The van der Waals surface area contributed by atoms with Gasteiger partial charge in [-0.25, -0.2) is 0 Å². The molecule has 0 radical (unpaired) electrons. The minimum absolute atomic E-state index is 0.142. The van der Waals surface area contributed by atoms with Gasteiger partial charge in [0.25, 0.3) is 0 Å². The Kier molecular flexibility index (Phi) is 6.32. The maximum absolute atomic E-state index is 10.7. The molecule has 1 fully saturated rings. The van der Waals surface area contributed by atoms with Crippen molar-refractivity contribution in [1.82, 2.24) is 0 Å². The van der Waals surface area contributed by atoms with Gasteiger partial charge in [-0.1, -0.05) is 55.7 Å². The average molecular weight is 272 g/mol. The predicted octanol–water partition coefficient (Wildman–Crippen LogP) is 4.75. The van der Waals surface area contributed by atoms with Crippen LogP contribution in [0.25, 0.3) is 0 Å². The molecule has 2 rings (SSSR count). The molecule has 2 unspecified atom stereocenters. The van der Waals surface area contributed by atoms with E-state index in [1.807, 2.05) is 6.08 Å². The maximum atomic E-state index is 10.7. The van der Waals surface area contributed by atoms with Crippen molar-refractivity contribution >= 4 is 0 Å². The summed E-state index contributed by atoms with van der Waals surface area (Å²) in [5, 5.41) is 10.7. The van der Waals surface area contributed by atoms with E-state index in [0.29, 0.717) is 11.8 Å². The predicted molar refractivity (Wildman–Crippen MR) is 85.6 cm³/mol. The summed E-state index contributed by atoms with van der Waals surface area (Å²) in [6, 6.07) is 10.6. The Balaban J connectivity index is 1.89. The van der Waals surface area contributed by atoms with Gasteiger partial charge in [-0.3, -0.25) is 0 Å². The van der Waals surface area contributed by atoms with E-state index in [9.17, 15) is 5.11 Å². The first-order valence-corrected chi connectivity index (χ1v) is 8.14. The SMILES string of the molecule is C=CCC(CCc1ccccc1)C(O)C1CCCCC1. The molecule has 1 aliphatic carbocycles. The van der Waals surface area contributed by atoms with Crippen molar-refractivity contribution in [3.05, 3.63) is 48.6 Å². The summed E-state index contributed by atoms with van der Waals surface area (Å²) in [4.78, 5) is 0. The van der Waals surface area contributed by atoms with Gasteiger partial charge in [0.1, 0.15) is 0 Å². The first-order chi connectivity index (χ1) is 9.81. The minimum Gasteiger partial charge on any atom is -0.393 e. The van der Waals surface area contributed by atoms with Crippen LogP contribution in [0.15, 0.2) is 43.0 Å². The topological polar surface area (TPSA) is 20.2 Å². The fraction of sp³-hybridized carbons (Fsp3) is 0.579. The van der Waals surface area contributed by atoms with Gasteiger partial charge in [0, 0.05) is 0 Å². The molecule has 0 heterocycles. The first kappa shape index (κ1) is 15.3. The second-order valence-corrected chi connectivity index (χ2v) is 6.20. The van der Waals surface area contributed by atoms with Crippen LogP contribution in [-0.4, -0.2) is 11.2 Å². The van der Waals surface area contributed by atoms with Gasteiger partial charge < -0.3 is 5.11 Å². The smallest absolute Gasteiger partial charge is 0.0599 e. The molecule has 1 heteroatoms. The van der Waals surface area contributed by atoms with Crippen LogP contribution in [0.1, 0.15) is 50.5 Å². The van der Waals surface area contributed by atoms with E-state index in [1.54, 1.807) is 0 Å². The number of aliphatic hydroxyl groups excluding tert-OH is 1. The Labute approximate surface area is 123 Å². The van der Waals surface area contributed by atoms with Gasteiger partial charge in [0.15, 0.2) is 0 Å². The summed E-state index contributed by atoms with van der Waals surface area (Å²) in [5.41, 5.74) is 1.37. The van der Waals surface area contributed by atoms with E-state index in [1.165, 1.54) is 37.7 Å². The number of aliphatic hydroxyl groups is 1. The van der Waals surface area contributed by atoms with Gasteiger partial charge >= 0.3 is 0 Å². The lowest BCUT2D eigenvalue weighted by Gasteiger charge is -2.32. The van der Waals surface area contributed by atoms with Crippen LogP contribution >= 0.6 is 0 Å². The molecule has 1 N–H and O–H groups in total. The normalized spacial score (nSPS) is 19.4. The van der Waals surface area contributed by atoms with Gasteiger partial charge in [-0.15, -0.1) is 6.58 Å². The van der Waals surface area contributed by atoms with Gasteiger partial charge in [-0.2, -0.15) is 0 Å². The molecule has 110 valence electrons. The van der Waals surface area contributed by atoms with Crippen molar-refractivity contribution in [3.8, 4) is 0 Å².